The Bertz CT molecular complexity index is 531. The molecule has 2 aromatic rings. The highest BCUT2D eigenvalue weighted by atomic mass is 19.1. The fraction of sp³-hybridized carbons (Fsp3) is 0.267. The van der Waals surface area contributed by atoms with E-state index in [9.17, 15) is 4.39 Å². The van der Waals surface area contributed by atoms with Crippen LogP contribution in [0.15, 0.2) is 42.6 Å². The molecule has 0 aliphatic heterocycles. The van der Waals surface area contributed by atoms with Crippen LogP contribution < -0.4 is 10.2 Å². The second-order valence-corrected chi connectivity index (χ2v) is 4.76. The maximum absolute atomic E-state index is 13.8. The SMILES string of the molecule is CB(C)c1ccc(OCCc2ccccn2)cc1F. The fourth-order valence-electron chi connectivity index (χ4n) is 1.89. The Labute approximate surface area is 113 Å². The maximum Gasteiger partial charge on any atom is 0.173 e. The summed E-state index contributed by atoms with van der Waals surface area (Å²) < 4.78 is 19.3. The van der Waals surface area contributed by atoms with Crippen molar-refractivity contribution >= 4 is 12.2 Å². The molecule has 0 bridgehead atoms. The molecule has 0 radical (unpaired) electrons. The van der Waals surface area contributed by atoms with Gasteiger partial charge in [0, 0.05) is 24.4 Å². The Hall–Kier alpha value is -1.84. The van der Waals surface area contributed by atoms with Crippen LogP contribution in [0.1, 0.15) is 5.69 Å². The van der Waals surface area contributed by atoms with Gasteiger partial charge in [-0.05, 0) is 23.7 Å². The lowest BCUT2D eigenvalue weighted by atomic mass is 9.49. The minimum atomic E-state index is -0.203. The number of benzene rings is 1. The van der Waals surface area contributed by atoms with E-state index in [2.05, 4.69) is 4.98 Å². The topological polar surface area (TPSA) is 22.1 Å². The van der Waals surface area contributed by atoms with E-state index in [1.807, 2.05) is 37.9 Å². The zero-order valence-corrected chi connectivity index (χ0v) is 11.3. The van der Waals surface area contributed by atoms with Crippen molar-refractivity contribution in [3.63, 3.8) is 0 Å². The molecule has 0 atom stereocenters. The Kier molecular flexibility index (Phi) is 4.55. The second-order valence-electron chi connectivity index (χ2n) is 4.76. The highest BCUT2D eigenvalue weighted by molar-refractivity contribution is 6.70. The molecule has 0 aliphatic rings. The smallest absolute Gasteiger partial charge is 0.173 e. The molecule has 2 nitrogen and oxygen atoms in total. The van der Waals surface area contributed by atoms with Gasteiger partial charge < -0.3 is 4.74 Å². The molecule has 0 saturated heterocycles. The lowest BCUT2D eigenvalue weighted by Crippen LogP contribution is -2.25. The quantitative estimate of drug-likeness (QED) is 0.768. The van der Waals surface area contributed by atoms with Crippen LogP contribution >= 0.6 is 0 Å². The number of rotatable bonds is 5. The molecule has 4 heteroatoms. The van der Waals surface area contributed by atoms with Crippen molar-refractivity contribution in [3.8, 4) is 5.75 Å². The summed E-state index contributed by atoms with van der Waals surface area (Å²) in [4.78, 5) is 4.21. The van der Waals surface area contributed by atoms with Crippen LogP contribution in [0, 0.1) is 5.82 Å². The van der Waals surface area contributed by atoms with Crippen molar-refractivity contribution in [2.75, 3.05) is 6.61 Å². The van der Waals surface area contributed by atoms with Gasteiger partial charge in [0.1, 0.15) is 11.6 Å². The van der Waals surface area contributed by atoms with E-state index in [4.69, 9.17) is 4.74 Å². The van der Waals surface area contributed by atoms with Crippen molar-refractivity contribution in [1.29, 1.82) is 0 Å². The molecule has 0 amide bonds. The average Bonchev–Trinajstić information content (AvgIpc) is 2.39. The summed E-state index contributed by atoms with van der Waals surface area (Å²) >= 11 is 0. The third kappa shape index (κ3) is 3.81. The first-order chi connectivity index (χ1) is 9.16. The summed E-state index contributed by atoms with van der Waals surface area (Å²) in [7, 11) is 0. The molecule has 1 aromatic heterocycles. The van der Waals surface area contributed by atoms with Gasteiger partial charge in [0.15, 0.2) is 6.71 Å². The monoisotopic (exact) mass is 257 g/mol. The van der Waals surface area contributed by atoms with Crippen molar-refractivity contribution in [1.82, 2.24) is 4.98 Å². The minimum Gasteiger partial charge on any atom is -0.493 e. The van der Waals surface area contributed by atoms with Gasteiger partial charge in [0.2, 0.25) is 0 Å². The summed E-state index contributed by atoms with van der Waals surface area (Å²) in [5, 5.41) is 0. The molecule has 2 rings (SSSR count). The predicted octanol–water partition coefficient (Wildman–Crippen LogP) is 2.80. The molecular weight excluding hydrogens is 240 g/mol. The number of aromatic nitrogens is 1. The Morgan fingerprint density at radius 3 is 2.68 bits per heavy atom. The molecule has 0 saturated carbocycles. The maximum atomic E-state index is 13.8. The molecule has 0 aliphatic carbocycles. The normalized spacial score (nSPS) is 10.3. The van der Waals surface area contributed by atoms with E-state index in [1.54, 1.807) is 12.3 Å². The van der Waals surface area contributed by atoms with E-state index in [-0.39, 0.29) is 12.5 Å². The van der Waals surface area contributed by atoms with Crippen LogP contribution in [0.5, 0.6) is 5.75 Å². The van der Waals surface area contributed by atoms with Crippen LogP contribution in [0.25, 0.3) is 0 Å². The van der Waals surface area contributed by atoms with Gasteiger partial charge >= 0.3 is 0 Å². The fourth-order valence-corrected chi connectivity index (χ4v) is 1.89. The van der Waals surface area contributed by atoms with Crippen molar-refractivity contribution in [2.24, 2.45) is 0 Å². The van der Waals surface area contributed by atoms with Crippen LogP contribution in [0.3, 0.4) is 0 Å². The van der Waals surface area contributed by atoms with E-state index < -0.39 is 0 Å². The van der Waals surface area contributed by atoms with Crippen LogP contribution in [-0.4, -0.2) is 18.3 Å². The van der Waals surface area contributed by atoms with E-state index in [0.717, 1.165) is 11.2 Å². The van der Waals surface area contributed by atoms with Gasteiger partial charge in [0.25, 0.3) is 0 Å². The highest BCUT2D eigenvalue weighted by Gasteiger charge is 2.10. The third-order valence-electron chi connectivity index (χ3n) is 2.95. The largest absolute Gasteiger partial charge is 0.493 e. The van der Waals surface area contributed by atoms with Gasteiger partial charge in [-0.2, -0.15) is 0 Å². The van der Waals surface area contributed by atoms with E-state index in [1.165, 1.54) is 6.07 Å². The molecule has 1 heterocycles. The Balaban J connectivity index is 1.92. The summed E-state index contributed by atoms with van der Waals surface area (Å²) in [6.45, 7) is 4.62. The molecular formula is C15H17BFNO. The van der Waals surface area contributed by atoms with Crippen LogP contribution in [0.2, 0.25) is 13.6 Å². The van der Waals surface area contributed by atoms with Crippen molar-refractivity contribution in [2.45, 2.75) is 20.1 Å². The summed E-state index contributed by atoms with van der Waals surface area (Å²) in [6.07, 6.45) is 2.47. The van der Waals surface area contributed by atoms with Gasteiger partial charge in [0.05, 0.1) is 6.61 Å². The number of pyridine rings is 1. The van der Waals surface area contributed by atoms with Gasteiger partial charge in [-0.25, -0.2) is 4.39 Å². The minimum absolute atomic E-state index is 0.183. The number of halogens is 1. The van der Waals surface area contributed by atoms with Crippen LogP contribution in [-0.2, 0) is 6.42 Å². The summed E-state index contributed by atoms with van der Waals surface area (Å²) in [5.74, 6) is 0.364. The van der Waals surface area contributed by atoms with Crippen molar-refractivity contribution in [3.05, 3.63) is 54.1 Å². The zero-order chi connectivity index (χ0) is 13.7. The number of nitrogens with zero attached hydrogens (tertiary/aromatic N) is 1. The van der Waals surface area contributed by atoms with Gasteiger partial charge in [-0.3, -0.25) is 4.98 Å². The first kappa shape index (κ1) is 13.6. The number of hydrogen-bond acceptors (Lipinski definition) is 2. The first-order valence-electron chi connectivity index (χ1n) is 6.49. The molecule has 0 spiro atoms. The number of ether oxygens (including phenoxy) is 1. The Morgan fingerprint density at radius 1 is 1.21 bits per heavy atom. The second kappa shape index (κ2) is 6.37. The van der Waals surface area contributed by atoms with E-state index in [0.29, 0.717) is 18.8 Å². The lowest BCUT2D eigenvalue weighted by molar-refractivity contribution is 0.319. The predicted molar refractivity (Wildman–Crippen MR) is 77.0 cm³/mol. The van der Waals surface area contributed by atoms with E-state index >= 15 is 0 Å². The molecule has 0 unspecified atom stereocenters. The molecule has 1 aromatic carbocycles. The molecule has 0 N–H and O–H groups in total. The summed E-state index contributed by atoms with van der Waals surface area (Å²) in [6, 6.07) is 10.8. The zero-order valence-electron chi connectivity index (χ0n) is 11.3. The molecule has 98 valence electrons. The third-order valence-corrected chi connectivity index (χ3v) is 2.95. The summed E-state index contributed by atoms with van der Waals surface area (Å²) in [5.41, 5.74) is 1.69. The number of hydrogen-bond donors (Lipinski definition) is 0. The van der Waals surface area contributed by atoms with Gasteiger partial charge in [-0.15, -0.1) is 0 Å². The molecule has 0 fully saturated rings. The average molecular weight is 257 g/mol. The highest BCUT2D eigenvalue weighted by Crippen LogP contribution is 2.12. The lowest BCUT2D eigenvalue weighted by Gasteiger charge is -2.09. The van der Waals surface area contributed by atoms with Crippen LogP contribution in [0.4, 0.5) is 4.39 Å². The molecule has 19 heavy (non-hydrogen) atoms. The first-order valence-corrected chi connectivity index (χ1v) is 6.49. The Morgan fingerprint density at radius 2 is 2.05 bits per heavy atom. The standard InChI is InChI=1S/C15H17BFNO/c1-16(2)14-7-6-13(11-15(14)17)19-10-8-12-5-3-4-9-18-12/h3-7,9,11H,8,10H2,1-2H3. The van der Waals surface area contributed by atoms with Crippen molar-refractivity contribution < 1.29 is 9.13 Å². The van der Waals surface area contributed by atoms with Gasteiger partial charge in [-0.1, -0.05) is 25.8 Å².